The zero-order valence-corrected chi connectivity index (χ0v) is 16.5. The predicted octanol–water partition coefficient (Wildman–Crippen LogP) is 2.32. The Balaban J connectivity index is 1.52. The Morgan fingerprint density at radius 1 is 1.07 bits per heavy atom. The Hall–Kier alpha value is -3.03. The van der Waals surface area contributed by atoms with Gasteiger partial charge in [-0.15, -0.1) is 0 Å². The lowest BCUT2D eigenvalue weighted by molar-refractivity contribution is 0.135. The highest BCUT2D eigenvalue weighted by Crippen LogP contribution is 2.32. The molecule has 0 spiro atoms. The molecule has 3 heterocycles. The number of nitrogens with zero attached hydrogens (tertiary/aromatic N) is 4. The summed E-state index contributed by atoms with van der Waals surface area (Å²) < 4.78 is 16.3. The molecule has 8 heteroatoms. The number of fused-ring (bicyclic) bond motifs is 1. The van der Waals surface area contributed by atoms with Crippen molar-refractivity contribution >= 4 is 12.0 Å². The molecular formula is C20H24N4O4. The third-order valence-electron chi connectivity index (χ3n) is 5.18. The van der Waals surface area contributed by atoms with Crippen molar-refractivity contribution in [3.05, 3.63) is 41.2 Å². The summed E-state index contributed by atoms with van der Waals surface area (Å²) in [5.74, 6) is 1.99. The lowest BCUT2D eigenvalue weighted by Crippen LogP contribution is -2.37. The number of anilines is 1. The number of aryl methyl sites for hydroxylation is 2. The van der Waals surface area contributed by atoms with Gasteiger partial charge in [0.15, 0.2) is 11.5 Å². The molecule has 1 aromatic heterocycles. The number of rotatable bonds is 5. The van der Waals surface area contributed by atoms with E-state index in [0.717, 1.165) is 17.0 Å². The van der Waals surface area contributed by atoms with Crippen LogP contribution in [0.4, 0.5) is 10.7 Å². The molecule has 0 unspecified atom stereocenters. The minimum Gasteiger partial charge on any atom is -0.493 e. The Bertz CT molecular complexity index is 884. The molecule has 4 rings (SSSR count). The largest absolute Gasteiger partial charge is 0.493 e. The number of amides is 1. The van der Waals surface area contributed by atoms with Gasteiger partial charge < -0.3 is 19.1 Å². The third kappa shape index (κ3) is 3.30. The molecule has 2 aliphatic rings. The summed E-state index contributed by atoms with van der Waals surface area (Å²) in [5, 5.41) is 0. The summed E-state index contributed by atoms with van der Waals surface area (Å²) in [4.78, 5) is 25.4. The zero-order chi connectivity index (χ0) is 19.8. The predicted molar refractivity (Wildman–Crippen MR) is 103 cm³/mol. The Kier molecular flexibility index (Phi) is 4.70. The number of carbonyl (C=O) groups is 1. The molecule has 0 bridgehead atoms. The van der Waals surface area contributed by atoms with Crippen molar-refractivity contribution in [2.45, 2.75) is 32.5 Å². The van der Waals surface area contributed by atoms with Crippen LogP contribution in [0.2, 0.25) is 0 Å². The fraction of sp³-hybridized carbons (Fsp3) is 0.450. The lowest BCUT2D eigenvalue weighted by Gasteiger charge is -2.23. The van der Waals surface area contributed by atoms with Crippen molar-refractivity contribution in [3.8, 4) is 11.5 Å². The van der Waals surface area contributed by atoms with Gasteiger partial charge in [0.2, 0.25) is 5.95 Å². The van der Waals surface area contributed by atoms with E-state index in [2.05, 4.69) is 14.9 Å². The number of hydrogen-bond acceptors (Lipinski definition) is 7. The van der Waals surface area contributed by atoms with E-state index < -0.39 is 0 Å². The number of hydrogen-bond donors (Lipinski definition) is 0. The molecule has 2 saturated heterocycles. The zero-order valence-electron chi connectivity index (χ0n) is 16.5. The van der Waals surface area contributed by atoms with Crippen LogP contribution in [0.25, 0.3) is 0 Å². The number of benzene rings is 1. The quantitative estimate of drug-likeness (QED) is 0.783. The van der Waals surface area contributed by atoms with Crippen LogP contribution in [0.15, 0.2) is 24.3 Å². The van der Waals surface area contributed by atoms with Gasteiger partial charge in [0.05, 0.1) is 26.8 Å². The van der Waals surface area contributed by atoms with E-state index in [1.807, 2.05) is 38.1 Å². The molecule has 2 atom stereocenters. The Labute approximate surface area is 164 Å². The Morgan fingerprint density at radius 2 is 1.79 bits per heavy atom. The maximum absolute atomic E-state index is 12.4. The van der Waals surface area contributed by atoms with Crippen LogP contribution in [0, 0.1) is 13.8 Å². The van der Waals surface area contributed by atoms with Crippen LogP contribution in [-0.4, -0.2) is 60.4 Å². The minimum atomic E-state index is -0.286. The van der Waals surface area contributed by atoms with Gasteiger partial charge in [0.1, 0.15) is 6.10 Å². The van der Waals surface area contributed by atoms with Gasteiger partial charge in [0, 0.05) is 24.5 Å². The minimum absolute atomic E-state index is 0.0370. The molecule has 1 amide bonds. The average molecular weight is 384 g/mol. The van der Waals surface area contributed by atoms with Crippen molar-refractivity contribution in [1.82, 2.24) is 14.9 Å². The second-order valence-electron chi connectivity index (χ2n) is 7.16. The van der Waals surface area contributed by atoms with Gasteiger partial charge in [-0.05, 0) is 37.6 Å². The smallest absolute Gasteiger partial charge is 0.410 e. The number of carbonyl (C=O) groups excluding carboxylic acids is 1. The van der Waals surface area contributed by atoms with Crippen molar-refractivity contribution in [2.75, 3.05) is 32.2 Å². The molecule has 0 aliphatic carbocycles. The summed E-state index contributed by atoms with van der Waals surface area (Å²) in [5.41, 5.74) is 2.81. The molecule has 2 aliphatic heterocycles. The van der Waals surface area contributed by atoms with Crippen LogP contribution >= 0.6 is 0 Å². The van der Waals surface area contributed by atoms with Gasteiger partial charge in [-0.1, -0.05) is 6.07 Å². The molecule has 0 N–H and O–H groups in total. The molecule has 2 aromatic rings. The van der Waals surface area contributed by atoms with E-state index >= 15 is 0 Å². The lowest BCUT2D eigenvalue weighted by atomic mass is 10.1. The van der Waals surface area contributed by atoms with Gasteiger partial charge in [0.25, 0.3) is 0 Å². The van der Waals surface area contributed by atoms with E-state index in [0.29, 0.717) is 37.1 Å². The number of methoxy groups -OCH3 is 2. The van der Waals surface area contributed by atoms with Crippen molar-refractivity contribution in [1.29, 1.82) is 0 Å². The maximum Gasteiger partial charge on any atom is 0.410 e. The molecule has 148 valence electrons. The standard InChI is InChI=1S/C20H24N4O4/c1-12-7-13(2)22-19(21-12)23-10-15-18(11-23)28-20(25)24(15)9-14-5-6-16(26-3)17(8-14)27-4/h5-8,15,18H,9-11H2,1-4H3/t15-,18+/m1/s1. The fourth-order valence-corrected chi connectivity index (χ4v) is 3.87. The van der Waals surface area contributed by atoms with E-state index in [-0.39, 0.29) is 18.2 Å². The average Bonchev–Trinajstić information content (AvgIpc) is 3.19. The molecule has 1 aromatic carbocycles. The number of aromatic nitrogens is 2. The second kappa shape index (κ2) is 7.18. The monoisotopic (exact) mass is 384 g/mol. The highest BCUT2D eigenvalue weighted by molar-refractivity contribution is 5.71. The van der Waals surface area contributed by atoms with Crippen LogP contribution in [0.1, 0.15) is 17.0 Å². The van der Waals surface area contributed by atoms with Crippen LogP contribution < -0.4 is 14.4 Å². The van der Waals surface area contributed by atoms with Crippen molar-refractivity contribution in [2.24, 2.45) is 0 Å². The molecule has 2 fully saturated rings. The molecule has 28 heavy (non-hydrogen) atoms. The highest BCUT2D eigenvalue weighted by atomic mass is 16.6. The van der Waals surface area contributed by atoms with Crippen LogP contribution in [0.3, 0.4) is 0 Å². The van der Waals surface area contributed by atoms with Crippen LogP contribution in [-0.2, 0) is 11.3 Å². The first-order valence-corrected chi connectivity index (χ1v) is 9.24. The first kappa shape index (κ1) is 18.3. The molecule has 8 nitrogen and oxygen atoms in total. The first-order chi connectivity index (χ1) is 13.5. The fourth-order valence-electron chi connectivity index (χ4n) is 3.87. The number of ether oxygens (including phenoxy) is 3. The summed E-state index contributed by atoms with van der Waals surface area (Å²) in [7, 11) is 3.20. The molecular weight excluding hydrogens is 360 g/mol. The van der Waals surface area contributed by atoms with Crippen molar-refractivity contribution < 1.29 is 19.0 Å². The molecule has 0 saturated carbocycles. The van der Waals surface area contributed by atoms with Gasteiger partial charge in [-0.3, -0.25) is 4.90 Å². The van der Waals surface area contributed by atoms with Crippen LogP contribution in [0.5, 0.6) is 11.5 Å². The summed E-state index contributed by atoms with van der Waals surface area (Å²) >= 11 is 0. The Morgan fingerprint density at radius 3 is 2.46 bits per heavy atom. The maximum atomic E-state index is 12.4. The topological polar surface area (TPSA) is 77.0 Å². The highest BCUT2D eigenvalue weighted by Gasteiger charge is 2.48. The third-order valence-corrected chi connectivity index (χ3v) is 5.18. The van der Waals surface area contributed by atoms with Crippen molar-refractivity contribution in [3.63, 3.8) is 0 Å². The normalized spacial score (nSPS) is 20.9. The van der Waals surface area contributed by atoms with E-state index in [1.54, 1.807) is 19.1 Å². The van der Waals surface area contributed by atoms with E-state index in [1.165, 1.54) is 0 Å². The van der Waals surface area contributed by atoms with Gasteiger partial charge in [-0.2, -0.15) is 0 Å². The van der Waals surface area contributed by atoms with Gasteiger partial charge in [-0.25, -0.2) is 14.8 Å². The summed E-state index contributed by atoms with van der Waals surface area (Å²) in [6.45, 7) is 5.60. The van der Waals surface area contributed by atoms with E-state index in [9.17, 15) is 4.79 Å². The SMILES string of the molecule is COc1ccc(CN2C(=O)O[C@H]3CN(c4nc(C)cc(C)n4)C[C@H]32)cc1OC. The molecule has 0 radical (unpaired) electrons. The summed E-state index contributed by atoms with van der Waals surface area (Å²) in [6, 6.07) is 7.58. The first-order valence-electron chi connectivity index (χ1n) is 9.24. The second-order valence-corrected chi connectivity index (χ2v) is 7.16. The van der Waals surface area contributed by atoms with E-state index in [4.69, 9.17) is 14.2 Å². The van der Waals surface area contributed by atoms with Gasteiger partial charge >= 0.3 is 6.09 Å². The summed E-state index contributed by atoms with van der Waals surface area (Å²) in [6.07, 6.45) is -0.470.